The molecule has 0 aromatic heterocycles. The molecule has 0 saturated carbocycles. The molecule has 0 heterocycles. The predicted molar refractivity (Wildman–Crippen MR) is 72.8 cm³/mol. The Morgan fingerprint density at radius 1 is 1.32 bits per heavy atom. The van der Waals surface area contributed by atoms with Crippen LogP contribution in [0.5, 0.6) is 0 Å². The third-order valence-corrected chi connectivity index (χ3v) is 2.36. The molecule has 0 N–H and O–H groups in total. The number of nitriles is 2. The highest BCUT2D eigenvalue weighted by atomic mass is 16.2. The smallest absolute Gasteiger partial charge is 0.227 e. The van der Waals surface area contributed by atoms with Gasteiger partial charge in [0, 0.05) is 18.8 Å². The Bertz CT molecular complexity index is 599. The molecule has 1 aromatic rings. The summed E-state index contributed by atoms with van der Waals surface area (Å²) in [6, 6.07) is 11.0. The van der Waals surface area contributed by atoms with Crippen LogP contribution in [0.4, 0.5) is 5.69 Å². The van der Waals surface area contributed by atoms with Gasteiger partial charge in [-0.25, -0.2) is 0 Å². The van der Waals surface area contributed by atoms with E-state index in [2.05, 4.69) is 0 Å². The molecule has 0 aliphatic carbocycles. The van der Waals surface area contributed by atoms with Crippen LogP contribution in [-0.4, -0.2) is 5.91 Å². The van der Waals surface area contributed by atoms with Crippen LogP contribution in [0.2, 0.25) is 0 Å². The lowest BCUT2D eigenvalue weighted by Gasteiger charge is -2.16. The van der Waals surface area contributed by atoms with Crippen LogP contribution in [0, 0.1) is 29.6 Å². The van der Waals surface area contributed by atoms with E-state index in [1.807, 2.05) is 31.2 Å². The molecule has 1 rings (SSSR count). The second kappa shape index (κ2) is 6.78. The van der Waals surface area contributed by atoms with Crippen molar-refractivity contribution in [3.63, 3.8) is 0 Å². The van der Waals surface area contributed by atoms with Crippen LogP contribution in [0.25, 0.3) is 0 Å². The van der Waals surface area contributed by atoms with Crippen molar-refractivity contribution in [2.24, 2.45) is 0 Å². The molecule has 0 saturated heterocycles. The highest BCUT2D eigenvalue weighted by molar-refractivity contribution is 5.93. The molecule has 94 valence electrons. The molecule has 0 fully saturated rings. The molecule has 0 bridgehead atoms. The van der Waals surface area contributed by atoms with Gasteiger partial charge in [0.1, 0.15) is 17.7 Å². The highest BCUT2D eigenvalue weighted by Gasteiger charge is 2.07. The molecule has 19 heavy (non-hydrogen) atoms. The third kappa shape index (κ3) is 4.14. The predicted octanol–water partition coefficient (Wildman–Crippen LogP) is 2.84. The summed E-state index contributed by atoms with van der Waals surface area (Å²) in [5.74, 6) is -0.147. The van der Waals surface area contributed by atoms with E-state index in [0.29, 0.717) is 0 Å². The quantitative estimate of drug-likeness (QED) is 0.612. The van der Waals surface area contributed by atoms with E-state index >= 15 is 0 Å². The van der Waals surface area contributed by atoms with Gasteiger partial charge < -0.3 is 0 Å². The summed E-state index contributed by atoms with van der Waals surface area (Å²) in [4.78, 5) is 13.0. The van der Waals surface area contributed by atoms with Gasteiger partial charge in [0.2, 0.25) is 5.91 Å². The molecular weight excluding hydrogens is 238 g/mol. The fraction of sp³-hybridized carbons (Fsp3) is 0.133. The van der Waals surface area contributed by atoms with Crippen LogP contribution >= 0.6 is 0 Å². The van der Waals surface area contributed by atoms with Crippen LogP contribution < -0.4 is 4.90 Å². The molecule has 0 aliphatic heterocycles. The fourth-order valence-electron chi connectivity index (χ4n) is 1.48. The van der Waals surface area contributed by atoms with E-state index in [4.69, 9.17) is 10.5 Å². The van der Waals surface area contributed by atoms with Gasteiger partial charge >= 0.3 is 0 Å². The zero-order valence-corrected chi connectivity index (χ0v) is 10.8. The number of hydrogen-bond acceptors (Lipinski definition) is 3. The summed E-state index contributed by atoms with van der Waals surface area (Å²) >= 11 is 0. The molecule has 0 radical (unpaired) electrons. The van der Waals surface area contributed by atoms with Crippen LogP contribution in [0.15, 0.2) is 48.2 Å². The van der Waals surface area contributed by atoms with E-state index in [-0.39, 0.29) is 11.5 Å². The van der Waals surface area contributed by atoms with Crippen LogP contribution in [0.3, 0.4) is 0 Å². The van der Waals surface area contributed by atoms with Crippen molar-refractivity contribution in [2.45, 2.75) is 13.8 Å². The van der Waals surface area contributed by atoms with Crippen molar-refractivity contribution < 1.29 is 4.79 Å². The number of benzene rings is 1. The Balaban J connectivity index is 3.02. The minimum atomic E-state index is -0.147. The standard InChI is InChI=1S/C15H13N3O/c1-12-5-3-7-15(9-12)18(13(2)19)8-4-6-14(10-16)11-17/h3-9H,1-2H3/b8-4+. The maximum atomic E-state index is 11.6. The second-order valence-corrected chi connectivity index (χ2v) is 3.87. The average molecular weight is 251 g/mol. The van der Waals surface area contributed by atoms with E-state index in [0.717, 1.165) is 11.3 Å². The molecular formula is C15H13N3O. The van der Waals surface area contributed by atoms with Gasteiger partial charge in [-0.15, -0.1) is 0 Å². The van der Waals surface area contributed by atoms with E-state index < -0.39 is 0 Å². The SMILES string of the molecule is CC(=O)N(/C=C/C=C(C#N)C#N)c1cccc(C)c1. The van der Waals surface area contributed by atoms with Crippen molar-refractivity contribution in [3.05, 3.63) is 53.8 Å². The maximum Gasteiger partial charge on any atom is 0.227 e. The minimum absolute atomic E-state index is 0.0102. The van der Waals surface area contributed by atoms with E-state index in [1.165, 1.54) is 30.2 Å². The number of nitrogens with zero attached hydrogens (tertiary/aromatic N) is 3. The molecule has 1 amide bonds. The number of aryl methyl sites for hydroxylation is 1. The number of anilines is 1. The summed E-state index contributed by atoms with van der Waals surface area (Å²) in [5, 5.41) is 17.2. The van der Waals surface area contributed by atoms with Crippen LogP contribution in [0.1, 0.15) is 12.5 Å². The minimum Gasteiger partial charge on any atom is -0.288 e. The third-order valence-electron chi connectivity index (χ3n) is 2.36. The van der Waals surface area contributed by atoms with Crippen molar-refractivity contribution in [1.82, 2.24) is 0 Å². The first-order chi connectivity index (χ1) is 9.08. The number of allylic oxidation sites excluding steroid dienone is 3. The molecule has 0 atom stereocenters. The lowest BCUT2D eigenvalue weighted by molar-refractivity contribution is -0.115. The van der Waals surface area contributed by atoms with Gasteiger partial charge in [-0.2, -0.15) is 10.5 Å². The zero-order valence-electron chi connectivity index (χ0n) is 10.8. The Morgan fingerprint density at radius 3 is 2.53 bits per heavy atom. The van der Waals surface area contributed by atoms with E-state index in [1.54, 1.807) is 12.1 Å². The summed E-state index contributed by atoms with van der Waals surface area (Å²) in [6.07, 6.45) is 4.41. The van der Waals surface area contributed by atoms with Gasteiger partial charge in [-0.1, -0.05) is 12.1 Å². The van der Waals surface area contributed by atoms with Gasteiger partial charge in [0.15, 0.2) is 0 Å². The number of carbonyl (C=O) groups is 1. The zero-order chi connectivity index (χ0) is 14.3. The van der Waals surface area contributed by atoms with Gasteiger partial charge in [-0.3, -0.25) is 9.69 Å². The van der Waals surface area contributed by atoms with Crippen LogP contribution in [-0.2, 0) is 4.79 Å². The number of carbonyl (C=O) groups excluding carboxylic acids is 1. The first-order valence-electron chi connectivity index (χ1n) is 5.63. The summed E-state index contributed by atoms with van der Waals surface area (Å²) in [5.41, 5.74) is 1.78. The Morgan fingerprint density at radius 2 is 2.00 bits per heavy atom. The first-order valence-corrected chi connectivity index (χ1v) is 5.63. The topological polar surface area (TPSA) is 67.9 Å². The highest BCUT2D eigenvalue weighted by Crippen LogP contribution is 2.16. The van der Waals surface area contributed by atoms with Crippen molar-refractivity contribution in [3.8, 4) is 12.1 Å². The van der Waals surface area contributed by atoms with E-state index in [9.17, 15) is 4.79 Å². The first kappa shape index (κ1) is 14.2. The normalized spacial score (nSPS) is 9.47. The Kier molecular flexibility index (Phi) is 5.07. The molecule has 0 unspecified atom stereocenters. The monoisotopic (exact) mass is 251 g/mol. The number of hydrogen-bond donors (Lipinski definition) is 0. The summed E-state index contributed by atoms with van der Waals surface area (Å²) in [6.45, 7) is 3.39. The largest absolute Gasteiger partial charge is 0.288 e. The molecule has 4 heteroatoms. The van der Waals surface area contributed by atoms with Crippen molar-refractivity contribution in [2.75, 3.05) is 4.90 Å². The van der Waals surface area contributed by atoms with Crippen molar-refractivity contribution in [1.29, 1.82) is 10.5 Å². The molecule has 0 aliphatic rings. The second-order valence-electron chi connectivity index (χ2n) is 3.87. The number of amides is 1. The fourth-order valence-corrected chi connectivity index (χ4v) is 1.48. The summed E-state index contributed by atoms with van der Waals surface area (Å²) in [7, 11) is 0. The Labute approximate surface area is 112 Å². The summed E-state index contributed by atoms with van der Waals surface area (Å²) < 4.78 is 0. The number of rotatable bonds is 3. The lowest BCUT2D eigenvalue weighted by Crippen LogP contribution is -2.21. The Hall–Kier alpha value is -2.85. The maximum absolute atomic E-state index is 11.6. The molecule has 1 aromatic carbocycles. The van der Waals surface area contributed by atoms with Gasteiger partial charge in [0.25, 0.3) is 0 Å². The lowest BCUT2D eigenvalue weighted by atomic mass is 10.2. The molecule has 0 spiro atoms. The van der Waals surface area contributed by atoms with Crippen molar-refractivity contribution >= 4 is 11.6 Å². The van der Waals surface area contributed by atoms with Gasteiger partial charge in [0.05, 0.1) is 0 Å². The average Bonchev–Trinajstić information content (AvgIpc) is 2.38. The molecule has 4 nitrogen and oxygen atoms in total. The van der Waals surface area contributed by atoms with Gasteiger partial charge in [-0.05, 0) is 36.8 Å².